The normalized spacial score (nSPS) is 21.6. The fourth-order valence-electron chi connectivity index (χ4n) is 1.80. The third kappa shape index (κ3) is 1.57. The lowest BCUT2D eigenvalue weighted by Crippen LogP contribution is -2.17. The van der Waals surface area contributed by atoms with Crippen molar-refractivity contribution in [1.82, 2.24) is 5.32 Å². The van der Waals surface area contributed by atoms with E-state index >= 15 is 0 Å². The SMILES string of the molecule is Cc1cccc(C2CCNC2=O)c1. The second kappa shape index (κ2) is 3.21. The molecule has 1 aromatic carbocycles. The molecule has 1 atom stereocenters. The van der Waals surface area contributed by atoms with Gasteiger partial charge in [0, 0.05) is 6.54 Å². The van der Waals surface area contributed by atoms with Crippen LogP contribution < -0.4 is 5.32 Å². The van der Waals surface area contributed by atoms with Crippen molar-refractivity contribution in [2.75, 3.05) is 6.54 Å². The quantitative estimate of drug-likeness (QED) is 0.690. The summed E-state index contributed by atoms with van der Waals surface area (Å²) in [5, 5.41) is 2.85. The van der Waals surface area contributed by atoms with Gasteiger partial charge in [0.05, 0.1) is 5.92 Å². The second-order valence-electron chi connectivity index (χ2n) is 3.55. The average molecular weight is 175 g/mol. The summed E-state index contributed by atoms with van der Waals surface area (Å²) in [6.07, 6.45) is 0.933. The van der Waals surface area contributed by atoms with Crippen molar-refractivity contribution in [3.8, 4) is 0 Å². The van der Waals surface area contributed by atoms with E-state index < -0.39 is 0 Å². The Bertz CT molecular complexity index is 333. The van der Waals surface area contributed by atoms with Crippen LogP contribution in [0.5, 0.6) is 0 Å². The zero-order valence-electron chi connectivity index (χ0n) is 7.71. The molecule has 0 bridgehead atoms. The molecule has 1 aromatic rings. The molecule has 13 heavy (non-hydrogen) atoms. The maximum atomic E-state index is 11.4. The Labute approximate surface area is 78.0 Å². The first-order valence-electron chi connectivity index (χ1n) is 4.61. The van der Waals surface area contributed by atoms with Gasteiger partial charge in [-0.1, -0.05) is 29.8 Å². The summed E-state index contributed by atoms with van der Waals surface area (Å²) in [4.78, 5) is 11.4. The van der Waals surface area contributed by atoms with Crippen LogP contribution in [0.3, 0.4) is 0 Å². The predicted octanol–water partition coefficient (Wildman–Crippen LogP) is 1.60. The van der Waals surface area contributed by atoms with Crippen LogP contribution in [-0.4, -0.2) is 12.5 Å². The van der Waals surface area contributed by atoms with Crippen molar-refractivity contribution in [2.24, 2.45) is 0 Å². The summed E-state index contributed by atoms with van der Waals surface area (Å²) in [7, 11) is 0. The fraction of sp³-hybridized carbons (Fsp3) is 0.364. The summed E-state index contributed by atoms with van der Waals surface area (Å²) in [6, 6.07) is 8.19. The zero-order chi connectivity index (χ0) is 9.26. The molecular weight excluding hydrogens is 162 g/mol. The zero-order valence-corrected chi connectivity index (χ0v) is 7.71. The van der Waals surface area contributed by atoms with E-state index in [-0.39, 0.29) is 11.8 Å². The molecule has 0 aliphatic carbocycles. The largest absolute Gasteiger partial charge is 0.356 e. The molecule has 68 valence electrons. The second-order valence-corrected chi connectivity index (χ2v) is 3.55. The lowest BCUT2D eigenvalue weighted by Gasteiger charge is -2.07. The maximum Gasteiger partial charge on any atom is 0.227 e. The van der Waals surface area contributed by atoms with Crippen molar-refractivity contribution in [2.45, 2.75) is 19.3 Å². The molecular formula is C11H13NO. The van der Waals surface area contributed by atoms with Gasteiger partial charge in [0.1, 0.15) is 0 Å². The maximum absolute atomic E-state index is 11.4. The standard InChI is InChI=1S/C11H13NO/c1-8-3-2-4-9(7-8)10-5-6-12-11(10)13/h2-4,7,10H,5-6H2,1H3,(H,12,13). The molecule has 0 radical (unpaired) electrons. The number of amides is 1. The first-order chi connectivity index (χ1) is 6.27. The Balaban J connectivity index is 2.29. The first kappa shape index (κ1) is 8.30. The van der Waals surface area contributed by atoms with Gasteiger partial charge in [-0.25, -0.2) is 0 Å². The molecule has 2 heteroatoms. The van der Waals surface area contributed by atoms with Gasteiger partial charge in [-0.3, -0.25) is 4.79 Å². The summed E-state index contributed by atoms with van der Waals surface area (Å²) in [6.45, 7) is 2.87. The molecule has 0 aromatic heterocycles. The molecule has 1 aliphatic rings. The lowest BCUT2D eigenvalue weighted by atomic mass is 9.96. The number of hydrogen-bond acceptors (Lipinski definition) is 1. The van der Waals surface area contributed by atoms with Crippen LogP contribution in [0.2, 0.25) is 0 Å². The minimum atomic E-state index is 0.0832. The molecule has 1 unspecified atom stereocenters. The Morgan fingerprint density at radius 3 is 2.92 bits per heavy atom. The van der Waals surface area contributed by atoms with Gasteiger partial charge in [0.25, 0.3) is 0 Å². The number of carbonyl (C=O) groups is 1. The van der Waals surface area contributed by atoms with Gasteiger partial charge in [-0.2, -0.15) is 0 Å². The van der Waals surface area contributed by atoms with Gasteiger partial charge in [-0.05, 0) is 18.9 Å². The summed E-state index contributed by atoms with van der Waals surface area (Å²) in [5.74, 6) is 0.255. The van der Waals surface area contributed by atoms with Gasteiger partial charge < -0.3 is 5.32 Å². The number of aryl methyl sites for hydroxylation is 1. The number of rotatable bonds is 1. The van der Waals surface area contributed by atoms with Crippen LogP contribution in [0.15, 0.2) is 24.3 Å². The van der Waals surface area contributed by atoms with E-state index in [9.17, 15) is 4.79 Å². The molecule has 0 spiro atoms. The average Bonchev–Trinajstić information content (AvgIpc) is 2.51. The molecule has 0 saturated carbocycles. The van der Waals surface area contributed by atoms with Crippen LogP contribution in [0.25, 0.3) is 0 Å². The number of hydrogen-bond donors (Lipinski definition) is 1. The highest BCUT2D eigenvalue weighted by Gasteiger charge is 2.25. The topological polar surface area (TPSA) is 29.1 Å². The van der Waals surface area contributed by atoms with E-state index in [0.29, 0.717) is 0 Å². The predicted molar refractivity (Wildman–Crippen MR) is 51.5 cm³/mol. The fourth-order valence-corrected chi connectivity index (χ4v) is 1.80. The highest BCUT2D eigenvalue weighted by atomic mass is 16.2. The molecule has 1 fully saturated rings. The molecule has 1 N–H and O–H groups in total. The first-order valence-corrected chi connectivity index (χ1v) is 4.61. The number of nitrogens with one attached hydrogen (secondary N) is 1. The van der Waals surface area contributed by atoms with Crippen molar-refractivity contribution >= 4 is 5.91 Å². The smallest absolute Gasteiger partial charge is 0.227 e. The van der Waals surface area contributed by atoms with Gasteiger partial charge in [-0.15, -0.1) is 0 Å². The minimum Gasteiger partial charge on any atom is -0.356 e. The Morgan fingerprint density at radius 1 is 1.46 bits per heavy atom. The molecule has 1 aliphatic heterocycles. The minimum absolute atomic E-state index is 0.0832. The van der Waals surface area contributed by atoms with Crippen LogP contribution in [-0.2, 0) is 4.79 Å². The van der Waals surface area contributed by atoms with Crippen LogP contribution >= 0.6 is 0 Å². The van der Waals surface area contributed by atoms with Gasteiger partial charge >= 0.3 is 0 Å². The number of carbonyl (C=O) groups excluding carboxylic acids is 1. The summed E-state index contributed by atoms with van der Waals surface area (Å²) >= 11 is 0. The van der Waals surface area contributed by atoms with Crippen molar-refractivity contribution in [3.05, 3.63) is 35.4 Å². The summed E-state index contributed by atoms with van der Waals surface area (Å²) in [5.41, 5.74) is 2.37. The van der Waals surface area contributed by atoms with E-state index in [1.165, 1.54) is 5.56 Å². The van der Waals surface area contributed by atoms with Crippen molar-refractivity contribution < 1.29 is 4.79 Å². The van der Waals surface area contributed by atoms with Gasteiger partial charge in [0.2, 0.25) is 5.91 Å². The molecule has 1 saturated heterocycles. The Hall–Kier alpha value is -1.31. The lowest BCUT2D eigenvalue weighted by molar-refractivity contribution is -0.120. The van der Waals surface area contributed by atoms with Gasteiger partial charge in [0.15, 0.2) is 0 Å². The molecule has 1 heterocycles. The van der Waals surface area contributed by atoms with E-state index in [2.05, 4.69) is 24.4 Å². The Kier molecular flexibility index (Phi) is 2.05. The highest BCUT2D eigenvalue weighted by molar-refractivity contribution is 5.85. The van der Waals surface area contributed by atoms with Crippen LogP contribution in [0, 0.1) is 6.92 Å². The summed E-state index contributed by atoms with van der Waals surface area (Å²) < 4.78 is 0. The molecule has 2 nitrogen and oxygen atoms in total. The molecule has 1 amide bonds. The third-order valence-electron chi connectivity index (χ3n) is 2.49. The van der Waals surface area contributed by atoms with Crippen LogP contribution in [0.1, 0.15) is 23.5 Å². The van der Waals surface area contributed by atoms with E-state index in [1.807, 2.05) is 12.1 Å². The van der Waals surface area contributed by atoms with Crippen LogP contribution in [0.4, 0.5) is 0 Å². The van der Waals surface area contributed by atoms with E-state index in [0.717, 1.165) is 18.5 Å². The monoisotopic (exact) mass is 175 g/mol. The number of benzene rings is 1. The van der Waals surface area contributed by atoms with Crippen molar-refractivity contribution in [3.63, 3.8) is 0 Å². The highest BCUT2D eigenvalue weighted by Crippen LogP contribution is 2.23. The van der Waals surface area contributed by atoms with E-state index in [1.54, 1.807) is 0 Å². The molecule has 2 rings (SSSR count). The van der Waals surface area contributed by atoms with E-state index in [4.69, 9.17) is 0 Å². The Morgan fingerprint density at radius 2 is 2.31 bits per heavy atom. The third-order valence-corrected chi connectivity index (χ3v) is 2.49. The van der Waals surface area contributed by atoms with Crippen molar-refractivity contribution in [1.29, 1.82) is 0 Å².